The molecule has 0 aliphatic heterocycles. The molecule has 0 N–H and O–H groups in total. The van der Waals surface area contributed by atoms with Crippen molar-refractivity contribution in [2.75, 3.05) is 4.90 Å². The second kappa shape index (κ2) is 10.4. The molecular weight excluding hydrogens is 446 g/mol. The molecule has 37 heavy (non-hydrogen) atoms. The van der Waals surface area contributed by atoms with Crippen LogP contribution in [0.3, 0.4) is 0 Å². The lowest BCUT2D eigenvalue weighted by Crippen LogP contribution is -2.11. The normalized spacial score (nSPS) is 10.7. The molecule has 6 aromatic carbocycles. The fraction of sp³-hybridized carbons (Fsp3) is 0. The molecule has 176 valence electrons. The van der Waals surface area contributed by atoms with Gasteiger partial charge in [-0.1, -0.05) is 133 Å². The SMILES string of the molecule is c1ccc(-c2cccc(N(c3cccc(-c4ccccc4)c3)c3ccccc3-c3ccccc3)c2)cc1. The van der Waals surface area contributed by atoms with Crippen LogP contribution in [0.15, 0.2) is 164 Å². The maximum absolute atomic E-state index is 2.38. The minimum Gasteiger partial charge on any atom is -0.310 e. The second-order valence-corrected chi connectivity index (χ2v) is 9.05. The van der Waals surface area contributed by atoms with Gasteiger partial charge >= 0.3 is 0 Å². The van der Waals surface area contributed by atoms with Crippen LogP contribution in [0, 0.1) is 0 Å². The van der Waals surface area contributed by atoms with E-state index in [2.05, 4.69) is 169 Å². The van der Waals surface area contributed by atoms with Crippen LogP contribution in [0.2, 0.25) is 0 Å². The van der Waals surface area contributed by atoms with E-state index in [1.54, 1.807) is 0 Å². The van der Waals surface area contributed by atoms with Gasteiger partial charge in [-0.3, -0.25) is 0 Å². The van der Waals surface area contributed by atoms with Gasteiger partial charge in [0.2, 0.25) is 0 Å². The number of hydrogen-bond acceptors (Lipinski definition) is 1. The number of anilines is 3. The van der Waals surface area contributed by atoms with Crippen LogP contribution in [0.5, 0.6) is 0 Å². The van der Waals surface area contributed by atoms with Crippen LogP contribution in [0.1, 0.15) is 0 Å². The van der Waals surface area contributed by atoms with E-state index in [1.807, 2.05) is 0 Å². The molecule has 0 unspecified atom stereocenters. The maximum Gasteiger partial charge on any atom is 0.0540 e. The van der Waals surface area contributed by atoms with Crippen LogP contribution in [0.25, 0.3) is 33.4 Å². The summed E-state index contributed by atoms with van der Waals surface area (Å²) in [5.41, 5.74) is 10.6. The molecule has 1 heteroatoms. The largest absolute Gasteiger partial charge is 0.310 e. The van der Waals surface area contributed by atoms with Crippen molar-refractivity contribution in [3.8, 4) is 33.4 Å². The highest BCUT2D eigenvalue weighted by molar-refractivity contribution is 5.90. The highest BCUT2D eigenvalue weighted by Crippen LogP contribution is 2.42. The molecule has 6 aromatic rings. The summed E-state index contributed by atoms with van der Waals surface area (Å²) < 4.78 is 0. The predicted octanol–water partition coefficient (Wildman–Crippen LogP) is 10.2. The van der Waals surface area contributed by atoms with E-state index in [1.165, 1.54) is 33.4 Å². The van der Waals surface area contributed by atoms with Crippen LogP contribution in [-0.2, 0) is 0 Å². The predicted molar refractivity (Wildman–Crippen MR) is 157 cm³/mol. The molecule has 0 amide bonds. The zero-order valence-electron chi connectivity index (χ0n) is 20.5. The van der Waals surface area contributed by atoms with Crippen molar-refractivity contribution >= 4 is 17.1 Å². The monoisotopic (exact) mass is 473 g/mol. The molecule has 0 aliphatic carbocycles. The van der Waals surface area contributed by atoms with E-state index >= 15 is 0 Å². The van der Waals surface area contributed by atoms with Gasteiger partial charge in [0, 0.05) is 16.9 Å². The van der Waals surface area contributed by atoms with Gasteiger partial charge in [-0.15, -0.1) is 0 Å². The molecule has 0 heterocycles. The third kappa shape index (κ3) is 4.80. The maximum atomic E-state index is 2.38. The average molecular weight is 474 g/mol. The topological polar surface area (TPSA) is 3.24 Å². The average Bonchev–Trinajstić information content (AvgIpc) is 2.99. The Kier molecular flexibility index (Phi) is 6.34. The third-order valence-electron chi connectivity index (χ3n) is 6.65. The summed E-state index contributed by atoms with van der Waals surface area (Å²) in [5, 5.41) is 0. The Bertz CT molecular complexity index is 1520. The number of hydrogen-bond donors (Lipinski definition) is 0. The van der Waals surface area contributed by atoms with Gasteiger partial charge in [0.15, 0.2) is 0 Å². The van der Waals surface area contributed by atoms with Crippen LogP contribution in [-0.4, -0.2) is 0 Å². The summed E-state index contributed by atoms with van der Waals surface area (Å²) in [5.74, 6) is 0. The van der Waals surface area contributed by atoms with Gasteiger partial charge in [0.05, 0.1) is 5.69 Å². The van der Waals surface area contributed by atoms with Gasteiger partial charge < -0.3 is 4.90 Å². The molecule has 0 atom stereocenters. The number of benzene rings is 6. The highest BCUT2D eigenvalue weighted by atomic mass is 15.1. The van der Waals surface area contributed by atoms with Crippen molar-refractivity contribution in [1.29, 1.82) is 0 Å². The Morgan fingerprint density at radius 1 is 0.297 bits per heavy atom. The second-order valence-electron chi connectivity index (χ2n) is 9.05. The molecular formula is C36H27N. The zero-order chi connectivity index (χ0) is 24.9. The number of para-hydroxylation sites is 1. The zero-order valence-corrected chi connectivity index (χ0v) is 20.5. The Labute approximate surface area is 218 Å². The first-order valence-corrected chi connectivity index (χ1v) is 12.6. The number of nitrogens with zero attached hydrogens (tertiary/aromatic N) is 1. The van der Waals surface area contributed by atoms with Gasteiger partial charge in [0.1, 0.15) is 0 Å². The van der Waals surface area contributed by atoms with Gasteiger partial charge in [-0.05, 0) is 58.1 Å². The molecule has 0 saturated heterocycles. The fourth-order valence-electron chi connectivity index (χ4n) is 4.87. The quantitative estimate of drug-likeness (QED) is 0.233. The summed E-state index contributed by atoms with van der Waals surface area (Å²) in [6.07, 6.45) is 0. The molecule has 6 rings (SSSR count). The van der Waals surface area contributed by atoms with Crippen LogP contribution < -0.4 is 4.90 Å². The Hall–Kier alpha value is -4.88. The molecule has 0 bridgehead atoms. The fourth-order valence-corrected chi connectivity index (χ4v) is 4.87. The molecule has 0 radical (unpaired) electrons. The molecule has 0 spiro atoms. The van der Waals surface area contributed by atoms with E-state index in [4.69, 9.17) is 0 Å². The molecule has 0 aliphatic rings. The van der Waals surface area contributed by atoms with Crippen molar-refractivity contribution in [3.63, 3.8) is 0 Å². The molecule has 0 aromatic heterocycles. The van der Waals surface area contributed by atoms with Gasteiger partial charge in [-0.25, -0.2) is 0 Å². The lowest BCUT2D eigenvalue weighted by atomic mass is 9.99. The third-order valence-corrected chi connectivity index (χ3v) is 6.65. The lowest BCUT2D eigenvalue weighted by Gasteiger charge is -2.28. The summed E-state index contributed by atoms with van der Waals surface area (Å²) >= 11 is 0. The van der Waals surface area contributed by atoms with Gasteiger partial charge in [0.25, 0.3) is 0 Å². The number of rotatable bonds is 6. The highest BCUT2D eigenvalue weighted by Gasteiger charge is 2.18. The first kappa shape index (κ1) is 22.6. The standard InChI is InChI=1S/C36H27N/c1-4-14-28(15-5-1)31-20-12-22-33(26-31)37(34-23-13-21-32(27-34)29-16-6-2-7-17-29)36-25-11-10-24-35(36)30-18-8-3-9-19-30/h1-27H. The Balaban J connectivity index is 1.56. The minimum atomic E-state index is 1.12. The smallest absolute Gasteiger partial charge is 0.0540 e. The Morgan fingerprint density at radius 2 is 0.703 bits per heavy atom. The van der Waals surface area contributed by atoms with E-state index in [9.17, 15) is 0 Å². The van der Waals surface area contributed by atoms with Crippen molar-refractivity contribution in [2.45, 2.75) is 0 Å². The lowest BCUT2D eigenvalue weighted by molar-refractivity contribution is 1.28. The van der Waals surface area contributed by atoms with Crippen LogP contribution >= 0.6 is 0 Å². The van der Waals surface area contributed by atoms with Crippen molar-refractivity contribution in [1.82, 2.24) is 0 Å². The van der Waals surface area contributed by atoms with E-state index in [0.29, 0.717) is 0 Å². The first-order valence-electron chi connectivity index (χ1n) is 12.6. The Morgan fingerprint density at radius 3 is 1.22 bits per heavy atom. The van der Waals surface area contributed by atoms with Gasteiger partial charge in [-0.2, -0.15) is 0 Å². The van der Waals surface area contributed by atoms with Crippen LogP contribution in [0.4, 0.5) is 17.1 Å². The summed E-state index contributed by atoms with van der Waals surface area (Å²) in [6, 6.07) is 58.0. The molecule has 0 saturated carbocycles. The van der Waals surface area contributed by atoms with Crippen molar-refractivity contribution in [2.24, 2.45) is 0 Å². The molecule has 0 fully saturated rings. The van der Waals surface area contributed by atoms with E-state index in [0.717, 1.165) is 17.1 Å². The van der Waals surface area contributed by atoms with E-state index in [-0.39, 0.29) is 0 Å². The summed E-state index contributed by atoms with van der Waals surface area (Å²) in [6.45, 7) is 0. The van der Waals surface area contributed by atoms with E-state index < -0.39 is 0 Å². The summed E-state index contributed by atoms with van der Waals surface area (Å²) in [4.78, 5) is 2.38. The first-order chi connectivity index (χ1) is 18.4. The van der Waals surface area contributed by atoms with Crippen molar-refractivity contribution < 1.29 is 0 Å². The minimum absolute atomic E-state index is 1.12. The molecule has 1 nitrogen and oxygen atoms in total. The summed E-state index contributed by atoms with van der Waals surface area (Å²) in [7, 11) is 0. The van der Waals surface area contributed by atoms with Crippen molar-refractivity contribution in [3.05, 3.63) is 164 Å².